The largest absolute Gasteiger partial charge is 0.244 e. The van der Waals surface area contributed by atoms with Gasteiger partial charge in [0.1, 0.15) is 6.33 Å². The first-order chi connectivity index (χ1) is 7.00. The maximum atomic E-state index is 12.0. The van der Waals surface area contributed by atoms with Crippen molar-refractivity contribution in [3.8, 4) is 0 Å². The predicted molar refractivity (Wildman–Crippen MR) is 66.7 cm³/mol. The highest BCUT2D eigenvalue weighted by molar-refractivity contribution is 14.1. The van der Waals surface area contributed by atoms with Crippen LogP contribution in [-0.4, -0.2) is 29.5 Å². The van der Waals surface area contributed by atoms with Crippen molar-refractivity contribution in [3.05, 3.63) is 16.1 Å². The Morgan fingerprint density at radius 3 is 2.80 bits per heavy atom. The summed E-state index contributed by atoms with van der Waals surface area (Å²) < 4.78 is 24.5. The average molecular weight is 361 g/mol. The molecule has 0 saturated heterocycles. The molecule has 0 radical (unpaired) electrons. The van der Waals surface area contributed by atoms with Gasteiger partial charge in [-0.1, -0.05) is 0 Å². The Labute approximate surface area is 108 Å². The summed E-state index contributed by atoms with van der Waals surface area (Å²) in [6.07, 6.45) is 3.14. The minimum Gasteiger partial charge on any atom is -0.244 e. The molecular weight excluding hydrogens is 351 g/mol. The zero-order valence-corrected chi connectivity index (χ0v) is 11.8. The number of hydrogen-bond donors (Lipinski definition) is 0. The smallest absolute Gasteiger partial charge is 0.199 e. The molecule has 0 fully saturated rings. The van der Waals surface area contributed by atoms with Gasteiger partial charge in [0.25, 0.3) is 0 Å². The average Bonchev–Trinajstić information content (AvgIpc) is 2.18. The van der Waals surface area contributed by atoms with Crippen molar-refractivity contribution in [1.82, 2.24) is 9.97 Å². The van der Waals surface area contributed by atoms with Crippen LogP contribution in [-0.2, 0) is 9.84 Å². The Kier molecular flexibility index (Phi) is 4.72. The lowest BCUT2D eigenvalue weighted by atomic mass is 10.4. The van der Waals surface area contributed by atoms with Gasteiger partial charge in [0.15, 0.2) is 14.9 Å². The Morgan fingerprint density at radius 1 is 1.60 bits per heavy atom. The maximum Gasteiger partial charge on any atom is 0.199 e. The first-order valence-corrected chi connectivity index (χ1v) is 7.41. The second-order valence-electron chi connectivity index (χ2n) is 3.01. The van der Waals surface area contributed by atoms with Gasteiger partial charge in [0, 0.05) is 12.1 Å². The molecule has 1 rings (SSSR count). The van der Waals surface area contributed by atoms with E-state index in [-0.39, 0.29) is 5.03 Å². The molecule has 0 aliphatic carbocycles. The minimum atomic E-state index is -3.37. The van der Waals surface area contributed by atoms with Gasteiger partial charge in [-0.3, -0.25) is 0 Å². The molecule has 0 saturated carbocycles. The molecule has 0 amide bonds. The summed E-state index contributed by atoms with van der Waals surface area (Å²) in [7, 11) is -3.37. The van der Waals surface area contributed by atoms with Crippen molar-refractivity contribution in [3.63, 3.8) is 0 Å². The van der Waals surface area contributed by atoms with Crippen LogP contribution in [0.2, 0.25) is 0 Å². The van der Waals surface area contributed by atoms with Gasteiger partial charge < -0.3 is 0 Å². The molecule has 0 bridgehead atoms. The van der Waals surface area contributed by atoms with Crippen LogP contribution in [0.15, 0.2) is 17.6 Å². The van der Waals surface area contributed by atoms with E-state index in [0.717, 1.165) is 0 Å². The predicted octanol–water partition coefficient (Wildman–Crippen LogP) is 1.87. The lowest BCUT2D eigenvalue weighted by Gasteiger charge is -2.11. The van der Waals surface area contributed by atoms with E-state index in [1.54, 1.807) is 6.92 Å². The third-order valence-corrected chi connectivity index (χ3v) is 5.48. The number of nitrogens with zero attached hydrogens (tertiary/aromatic N) is 2. The molecular formula is C8H10ClIN2O2S. The second-order valence-corrected chi connectivity index (χ2v) is 6.83. The molecule has 15 heavy (non-hydrogen) atoms. The Hall–Kier alpha value is 0.0500. The Bertz CT molecular complexity index is 438. The molecule has 1 unspecified atom stereocenters. The van der Waals surface area contributed by atoms with E-state index in [0.29, 0.717) is 15.9 Å². The summed E-state index contributed by atoms with van der Waals surface area (Å²) in [5.74, 6) is 0.321. The highest BCUT2D eigenvalue weighted by atomic mass is 127. The molecule has 0 spiro atoms. The van der Waals surface area contributed by atoms with Crippen LogP contribution in [0.25, 0.3) is 0 Å². The van der Waals surface area contributed by atoms with E-state index in [1.165, 1.54) is 12.5 Å². The number of hydrogen-bond acceptors (Lipinski definition) is 4. The molecule has 0 aromatic carbocycles. The van der Waals surface area contributed by atoms with Crippen LogP contribution in [0.3, 0.4) is 0 Å². The number of halogens is 2. The first kappa shape index (κ1) is 13.1. The Morgan fingerprint density at radius 2 is 2.27 bits per heavy atom. The van der Waals surface area contributed by atoms with Crippen molar-refractivity contribution in [1.29, 1.82) is 0 Å². The number of rotatable bonds is 4. The summed E-state index contributed by atoms with van der Waals surface area (Å²) in [6.45, 7) is 1.63. The molecule has 1 aromatic rings. The minimum absolute atomic E-state index is 0.0933. The van der Waals surface area contributed by atoms with Gasteiger partial charge >= 0.3 is 0 Å². The van der Waals surface area contributed by atoms with E-state index in [1.807, 2.05) is 22.6 Å². The summed E-state index contributed by atoms with van der Waals surface area (Å²) in [5.41, 5.74) is 0. The van der Waals surface area contributed by atoms with Crippen LogP contribution in [0.1, 0.15) is 13.3 Å². The van der Waals surface area contributed by atoms with Crippen LogP contribution in [0.4, 0.5) is 0 Å². The maximum absolute atomic E-state index is 12.0. The van der Waals surface area contributed by atoms with Gasteiger partial charge in [-0.25, -0.2) is 18.4 Å². The van der Waals surface area contributed by atoms with Crippen LogP contribution < -0.4 is 0 Å². The quantitative estimate of drug-likeness (QED) is 0.467. The van der Waals surface area contributed by atoms with Gasteiger partial charge in [-0.05, 0) is 35.9 Å². The van der Waals surface area contributed by atoms with E-state index < -0.39 is 15.1 Å². The number of sulfone groups is 1. The van der Waals surface area contributed by atoms with Crippen LogP contribution >= 0.6 is 34.2 Å². The van der Waals surface area contributed by atoms with Crippen molar-refractivity contribution in [2.75, 3.05) is 5.88 Å². The molecule has 1 atom stereocenters. The first-order valence-electron chi connectivity index (χ1n) is 4.25. The van der Waals surface area contributed by atoms with Gasteiger partial charge in [-0.15, -0.1) is 11.6 Å². The summed E-state index contributed by atoms with van der Waals surface area (Å²) >= 11 is 7.44. The summed E-state index contributed by atoms with van der Waals surface area (Å²) in [5, 5.41) is -0.422. The van der Waals surface area contributed by atoms with Gasteiger partial charge in [0.2, 0.25) is 0 Å². The third-order valence-electron chi connectivity index (χ3n) is 1.95. The third kappa shape index (κ3) is 3.01. The molecule has 0 aliphatic rings. The summed E-state index contributed by atoms with van der Waals surface area (Å²) in [4.78, 5) is 7.56. The fourth-order valence-electron chi connectivity index (χ4n) is 1.01. The fraction of sp³-hybridized carbons (Fsp3) is 0.500. The lowest BCUT2D eigenvalue weighted by molar-refractivity contribution is 0.576. The number of alkyl halides is 1. The zero-order valence-electron chi connectivity index (χ0n) is 8.02. The normalized spacial score (nSPS) is 13.8. The molecule has 0 N–H and O–H groups in total. The van der Waals surface area contributed by atoms with E-state index in [4.69, 9.17) is 11.6 Å². The highest BCUT2D eigenvalue weighted by Gasteiger charge is 2.26. The SMILES string of the molecule is CC(CCCl)S(=O)(=O)c1ncncc1I. The van der Waals surface area contributed by atoms with E-state index in [9.17, 15) is 8.42 Å². The lowest BCUT2D eigenvalue weighted by Crippen LogP contribution is -2.20. The monoisotopic (exact) mass is 360 g/mol. The molecule has 4 nitrogen and oxygen atoms in total. The van der Waals surface area contributed by atoms with Crippen molar-refractivity contribution in [2.45, 2.75) is 23.6 Å². The standard InChI is InChI=1S/C8H10ClIN2O2S/c1-6(2-3-9)15(13,14)8-7(10)4-11-5-12-8/h4-6H,2-3H2,1H3. The van der Waals surface area contributed by atoms with Crippen LogP contribution in [0.5, 0.6) is 0 Å². The fourth-order valence-corrected chi connectivity index (χ4v) is 4.02. The molecule has 1 heterocycles. The van der Waals surface area contributed by atoms with Crippen molar-refractivity contribution < 1.29 is 8.42 Å². The molecule has 1 aromatic heterocycles. The summed E-state index contributed by atoms with van der Waals surface area (Å²) in [6, 6.07) is 0. The van der Waals surface area contributed by atoms with Gasteiger partial charge in [0.05, 0.1) is 8.82 Å². The van der Waals surface area contributed by atoms with Crippen molar-refractivity contribution in [2.24, 2.45) is 0 Å². The molecule has 0 aliphatic heterocycles. The number of aromatic nitrogens is 2. The second kappa shape index (κ2) is 5.40. The zero-order chi connectivity index (χ0) is 11.5. The topological polar surface area (TPSA) is 59.9 Å². The molecule has 7 heteroatoms. The van der Waals surface area contributed by atoms with Gasteiger partial charge in [-0.2, -0.15) is 0 Å². The molecule has 84 valence electrons. The Balaban J connectivity index is 3.12. The van der Waals surface area contributed by atoms with E-state index in [2.05, 4.69) is 9.97 Å². The highest BCUT2D eigenvalue weighted by Crippen LogP contribution is 2.20. The van der Waals surface area contributed by atoms with Crippen LogP contribution in [0, 0.1) is 3.57 Å². The van der Waals surface area contributed by atoms with E-state index >= 15 is 0 Å². The van der Waals surface area contributed by atoms with Crippen molar-refractivity contribution >= 4 is 44.0 Å².